The first-order chi connectivity index (χ1) is 8.01. The zero-order valence-electron chi connectivity index (χ0n) is 10.1. The molecule has 0 saturated carbocycles. The van der Waals surface area contributed by atoms with Crippen LogP contribution in [0.5, 0.6) is 0 Å². The van der Waals surface area contributed by atoms with E-state index in [-0.39, 0.29) is 23.9 Å². The zero-order valence-corrected chi connectivity index (χ0v) is 10.1. The smallest absolute Gasteiger partial charge is 0.116 e. The second-order valence-corrected chi connectivity index (χ2v) is 5.02. The van der Waals surface area contributed by atoms with E-state index < -0.39 is 12.2 Å². The van der Waals surface area contributed by atoms with Crippen molar-refractivity contribution in [1.29, 1.82) is 0 Å². The van der Waals surface area contributed by atoms with E-state index in [1.807, 2.05) is 6.92 Å². The molecular weight excluding hydrogens is 220 g/mol. The summed E-state index contributed by atoms with van der Waals surface area (Å²) in [7, 11) is 0. The Morgan fingerprint density at radius 3 is 2.71 bits per heavy atom. The monoisotopic (exact) mass is 240 g/mol. The topological polar surface area (TPSA) is 65.5 Å². The van der Waals surface area contributed by atoms with E-state index in [1.165, 1.54) is 6.08 Å². The maximum absolute atomic E-state index is 9.72. The van der Waals surface area contributed by atoms with Crippen LogP contribution in [0.4, 0.5) is 0 Å². The number of rotatable bonds is 7. The molecule has 2 saturated heterocycles. The second kappa shape index (κ2) is 4.53. The van der Waals surface area contributed by atoms with Crippen LogP contribution in [0.1, 0.15) is 19.8 Å². The number of hydrogen-bond acceptors (Lipinski definition) is 4. The standard InChI is InChI=1S/C13H20O4/c1-4-6-9(15)10-11(16-10)12-13(3,17-12)7-8(14)5-2/h4-5,8-12,14-15H,1-2,6-7H2,3H3/t8-,9+,10-,11-,12+,13-/m1/s1. The molecular formula is C13H20O4. The number of hydrogen-bond donors (Lipinski definition) is 2. The number of aliphatic hydroxyl groups is 2. The summed E-state index contributed by atoms with van der Waals surface area (Å²) < 4.78 is 11.0. The van der Waals surface area contributed by atoms with Gasteiger partial charge in [0.05, 0.1) is 17.8 Å². The van der Waals surface area contributed by atoms with Crippen molar-refractivity contribution in [2.24, 2.45) is 0 Å². The van der Waals surface area contributed by atoms with E-state index in [4.69, 9.17) is 9.47 Å². The third kappa shape index (κ3) is 2.60. The van der Waals surface area contributed by atoms with Crippen LogP contribution in [-0.2, 0) is 9.47 Å². The van der Waals surface area contributed by atoms with Gasteiger partial charge in [0.15, 0.2) is 0 Å². The van der Waals surface area contributed by atoms with Gasteiger partial charge in [-0.2, -0.15) is 0 Å². The van der Waals surface area contributed by atoms with Gasteiger partial charge < -0.3 is 19.7 Å². The summed E-state index contributed by atoms with van der Waals surface area (Å²) in [6.07, 6.45) is 2.94. The van der Waals surface area contributed by atoms with Crippen molar-refractivity contribution < 1.29 is 19.7 Å². The van der Waals surface area contributed by atoms with E-state index in [2.05, 4.69) is 13.2 Å². The Kier molecular flexibility index (Phi) is 3.41. The van der Waals surface area contributed by atoms with Gasteiger partial charge in [0.25, 0.3) is 0 Å². The molecule has 2 aliphatic heterocycles. The second-order valence-electron chi connectivity index (χ2n) is 5.02. The minimum absolute atomic E-state index is 0.0263. The van der Waals surface area contributed by atoms with Gasteiger partial charge in [-0.05, 0) is 13.3 Å². The quantitative estimate of drug-likeness (QED) is 0.510. The van der Waals surface area contributed by atoms with Crippen molar-refractivity contribution >= 4 is 0 Å². The summed E-state index contributed by atoms with van der Waals surface area (Å²) in [5, 5.41) is 19.2. The van der Waals surface area contributed by atoms with E-state index in [0.29, 0.717) is 12.8 Å². The Balaban J connectivity index is 1.80. The molecule has 4 nitrogen and oxygen atoms in total. The lowest BCUT2D eigenvalue weighted by atomic mass is 9.96. The average Bonchev–Trinajstić information content (AvgIpc) is 3.14. The van der Waals surface area contributed by atoms with Crippen LogP contribution < -0.4 is 0 Å². The van der Waals surface area contributed by atoms with Crippen molar-refractivity contribution in [2.75, 3.05) is 0 Å². The van der Waals surface area contributed by atoms with Crippen molar-refractivity contribution in [3.05, 3.63) is 25.3 Å². The molecule has 0 unspecified atom stereocenters. The van der Waals surface area contributed by atoms with Crippen molar-refractivity contribution in [3.63, 3.8) is 0 Å². The average molecular weight is 240 g/mol. The summed E-state index contributed by atoms with van der Waals surface area (Å²) in [5.41, 5.74) is -0.346. The molecule has 2 N–H and O–H groups in total. The van der Waals surface area contributed by atoms with Gasteiger partial charge in [0, 0.05) is 6.42 Å². The number of ether oxygens (including phenoxy) is 2. The predicted octanol–water partition coefficient (Wildman–Crippen LogP) is 0.785. The molecule has 96 valence electrons. The van der Waals surface area contributed by atoms with Crippen LogP contribution in [0.3, 0.4) is 0 Å². The van der Waals surface area contributed by atoms with Gasteiger partial charge in [-0.3, -0.25) is 0 Å². The Labute approximate surface area is 102 Å². The lowest BCUT2D eigenvalue weighted by molar-refractivity contribution is 0.138. The van der Waals surface area contributed by atoms with E-state index in [1.54, 1.807) is 6.08 Å². The maximum atomic E-state index is 9.72. The Morgan fingerprint density at radius 2 is 2.12 bits per heavy atom. The van der Waals surface area contributed by atoms with Gasteiger partial charge in [-0.15, -0.1) is 13.2 Å². The fourth-order valence-electron chi connectivity index (χ4n) is 2.33. The highest BCUT2D eigenvalue weighted by molar-refractivity contribution is 5.13. The Bertz CT molecular complexity index is 317. The minimum atomic E-state index is -0.555. The molecule has 0 spiro atoms. The molecule has 0 aromatic rings. The predicted molar refractivity (Wildman–Crippen MR) is 63.6 cm³/mol. The van der Waals surface area contributed by atoms with Crippen molar-refractivity contribution in [2.45, 2.75) is 55.9 Å². The Hall–Kier alpha value is -0.680. The van der Waals surface area contributed by atoms with Crippen LogP contribution in [0.25, 0.3) is 0 Å². The van der Waals surface area contributed by atoms with Crippen LogP contribution in [0, 0.1) is 0 Å². The minimum Gasteiger partial charge on any atom is -0.390 e. The first-order valence-corrected chi connectivity index (χ1v) is 5.94. The number of aliphatic hydroxyl groups excluding tert-OH is 2. The van der Waals surface area contributed by atoms with Gasteiger partial charge >= 0.3 is 0 Å². The summed E-state index contributed by atoms with van der Waals surface area (Å²) in [5.74, 6) is 0. The number of epoxide rings is 2. The van der Waals surface area contributed by atoms with Crippen molar-refractivity contribution in [3.8, 4) is 0 Å². The van der Waals surface area contributed by atoms with Gasteiger partial charge in [0.1, 0.15) is 18.3 Å². The molecule has 0 aromatic carbocycles. The third-order valence-corrected chi connectivity index (χ3v) is 3.47. The van der Waals surface area contributed by atoms with Crippen LogP contribution >= 0.6 is 0 Å². The van der Waals surface area contributed by atoms with Gasteiger partial charge in [-0.25, -0.2) is 0 Å². The van der Waals surface area contributed by atoms with Crippen LogP contribution in [0.15, 0.2) is 25.3 Å². The molecule has 17 heavy (non-hydrogen) atoms. The fraction of sp³-hybridized carbons (Fsp3) is 0.692. The first-order valence-electron chi connectivity index (χ1n) is 5.94. The SMILES string of the molecule is C=CC[C@H](O)[C@H]1O[C@H]1[C@@H]1O[C@]1(C)C[C@H](O)C=C. The maximum Gasteiger partial charge on any atom is 0.116 e. The summed E-state index contributed by atoms with van der Waals surface area (Å²) in [6.45, 7) is 9.07. The van der Waals surface area contributed by atoms with Crippen molar-refractivity contribution in [1.82, 2.24) is 0 Å². The highest BCUT2D eigenvalue weighted by Crippen LogP contribution is 2.50. The van der Waals surface area contributed by atoms with Gasteiger partial charge in [-0.1, -0.05) is 12.2 Å². The highest BCUT2D eigenvalue weighted by Gasteiger charge is 2.65. The summed E-state index contributed by atoms with van der Waals surface area (Å²) in [4.78, 5) is 0. The molecule has 2 fully saturated rings. The van der Waals surface area contributed by atoms with E-state index >= 15 is 0 Å². The molecule has 2 rings (SSSR count). The summed E-state index contributed by atoms with van der Waals surface area (Å²) >= 11 is 0. The van der Waals surface area contributed by atoms with Crippen LogP contribution in [0.2, 0.25) is 0 Å². The lowest BCUT2D eigenvalue weighted by Crippen LogP contribution is -2.24. The first kappa shape index (κ1) is 12.8. The zero-order chi connectivity index (χ0) is 12.6. The largest absolute Gasteiger partial charge is 0.390 e. The molecule has 0 aliphatic carbocycles. The molecule has 0 amide bonds. The summed E-state index contributed by atoms with van der Waals surface area (Å²) in [6, 6.07) is 0. The molecule has 0 radical (unpaired) electrons. The van der Waals surface area contributed by atoms with Crippen LogP contribution in [-0.4, -0.2) is 46.3 Å². The lowest BCUT2D eigenvalue weighted by Gasteiger charge is -2.08. The molecule has 2 aliphatic rings. The molecule has 6 atom stereocenters. The third-order valence-electron chi connectivity index (χ3n) is 3.47. The normalized spacial score (nSPS) is 42.6. The van der Waals surface area contributed by atoms with E-state index in [0.717, 1.165) is 0 Å². The Morgan fingerprint density at radius 1 is 1.41 bits per heavy atom. The molecule has 4 heteroatoms. The molecule has 0 aromatic heterocycles. The molecule has 2 heterocycles. The van der Waals surface area contributed by atoms with E-state index in [9.17, 15) is 10.2 Å². The van der Waals surface area contributed by atoms with Gasteiger partial charge in [0.2, 0.25) is 0 Å². The highest BCUT2D eigenvalue weighted by atomic mass is 16.7. The molecule has 0 bridgehead atoms. The fourth-order valence-corrected chi connectivity index (χ4v) is 2.33.